The average Bonchev–Trinajstić information content (AvgIpc) is 2.47. The molecule has 0 saturated heterocycles. The van der Waals surface area contributed by atoms with Gasteiger partial charge in [-0.25, -0.2) is 0 Å². The van der Waals surface area contributed by atoms with E-state index in [4.69, 9.17) is 0 Å². The Labute approximate surface area is 141 Å². The number of benzene rings is 2. The van der Waals surface area contributed by atoms with Crippen LogP contribution in [0.1, 0.15) is 22.3 Å². The third-order valence-electron chi connectivity index (χ3n) is 4.16. The maximum atomic E-state index is 3.57. The van der Waals surface area contributed by atoms with E-state index in [0.29, 0.717) is 0 Å². The molecule has 0 aliphatic carbocycles. The van der Waals surface area contributed by atoms with Gasteiger partial charge >= 0.3 is 0 Å². The minimum Gasteiger partial charge on any atom is -0.305 e. The van der Waals surface area contributed by atoms with Gasteiger partial charge < -0.3 is 4.90 Å². The van der Waals surface area contributed by atoms with Crippen LogP contribution in [0.15, 0.2) is 46.9 Å². The van der Waals surface area contributed by atoms with Crippen LogP contribution in [-0.2, 0) is 26.1 Å². The normalized spacial score (nSPS) is 15.1. The highest BCUT2D eigenvalue weighted by Gasteiger charge is 2.16. The van der Waals surface area contributed by atoms with E-state index >= 15 is 0 Å². The first-order valence-corrected chi connectivity index (χ1v) is 8.61. The second-order valence-corrected chi connectivity index (χ2v) is 7.35. The molecular formula is C19H23BrN2. The Morgan fingerprint density at radius 2 is 1.86 bits per heavy atom. The lowest BCUT2D eigenvalue weighted by atomic mass is 9.99. The zero-order valence-corrected chi connectivity index (χ0v) is 14.9. The molecule has 0 unspecified atom stereocenters. The van der Waals surface area contributed by atoms with Gasteiger partial charge in [-0.3, -0.25) is 4.90 Å². The first-order chi connectivity index (χ1) is 10.6. The monoisotopic (exact) mass is 358 g/mol. The first-order valence-electron chi connectivity index (χ1n) is 7.82. The number of halogens is 1. The lowest BCUT2D eigenvalue weighted by molar-refractivity contribution is 0.245. The Morgan fingerprint density at radius 1 is 1.05 bits per heavy atom. The number of hydrogen-bond acceptors (Lipinski definition) is 2. The summed E-state index contributed by atoms with van der Waals surface area (Å²) in [6.45, 7) is 4.24. The van der Waals surface area contributed by atoms with E-state index < -0.39 is 0 Å². The highest BCUT2D eigenvalue weighted by molar-refractivity contribution is 9.10. The summed E-state index contributed by atoms with van der Waals surface area (Å²) in [5.74, 6) is 0. The van der Waals surface area contributed by atoms with Crippen molar-refractivity contribution in [2.24, 2.45) is 0 Å². The lowest BCUT2D eigenvalue weighted by Gasteiger charge is -2.29. The standard InChI is InChI=1S/C19H23BrN2/c1-21(2)12-15-4-3-5-16(10-15)13-22-9-8-17-11-19(20)7-6-18(17)14-22/h3-7,10-11H,8-9,12-14H2,1-2H3. The summed E-state index contributed by atoms with van der Waals surface area (Å²) in [7, 11) is 4.23. The van der Waals surface area contributed by atoms with Crippen LogP contribution in [0.25, 0.3) is 0 Å². The topological polar surface area (TPSA) is 6.48 Å². The van der Waals surface area contributed by atoms with Crippen molar-refractivity contribution in [1.82, 2.24) is 9.80 Å². The van der Waals surface area contributed by atoms with Crippen molar-refractivity contribution in [1.29, 1.82) is 0 Å². The summed E-state index contributed by atoms with van der Waals surface area (Å²) in [4.78, 5) is 4.76. The predicted molar refractivity (Wildman–Crippen MR) is 95.8 cm³/mol. The predicted octanol–water partition coefficient (Wildman–Crippen LogP) is 4.07. The molecule has 2 aromatic carbocycles. The first kappa shape index (κ1) is 15.7. The van der Waals surface area contributed by atoms with Crippen molar-refractivity contribution in [3.8, 4) is 0 Å². The molecule has 0 radical (unpaired) electrons. The molecule has 3 rings (SSSR count). The zero-order valence-electron chi connectivity index (χ0n) is 13.3. The van der Waals surface area contributed by atoms with Crippen LogP contribution >= 0.6 is 15.9 Å². The van der Waals surface area contributed by atoms with Gasteiger partial charge in [0.25, 0.3) is 0 Å². The minimum atomic E-state index is 1.00. The molecule has 2 nitrogen and oxygen atoms in total. The van der Waals surface area contributed by atoms with E-state index in [2.05, 4.69) is 82.3 Å². The average molecular weight is 359 g/mol. The Morgan fingerprint density at radius 3 is 2.68 bits per heavy atom. The van der Waals surface area contributed by atoms with Gasteiger partial charge in [-0.2, -0.15) is 0 Å². The molecule has 22 heavy (non-hydrogen) atoms. The fourth-order valence-corrected chi connectivity index (χ4v) is 3.57. The molecule has 2 aromatic rings. The molecule has 1 heterocycles. The van der Waals surface area contributed by atoms with E-state index in [1.54, 1.807) is 0 Å². The van der Waals surface area contributed by atoms with Crippen LogP contribution in [0.5, 0.6) is 0 Å². The van der Waals surface area contributed by atoms with Crippen LogP contribution in [0.4, 0.5) is 0 Å². The molecule has 0 atom stereocenters. The Kier molecular flexibility index (Phi) is 4.97. The number of hydrogen-bond donors (Lipinski definition) is 0. The summed E-state index contributed by atoms with van der Waals surface area (Å²) in [6, 6.07) is 15.7. The maximum Gasteiger partial charge on any atom is 0.0240 e. The maximum absolute atomic E-state index is 3.57. The molecule has 3 heteroatoms. The van der Waals surface area contributed by atoms with E-state index in [1.165, 1.54) is 26.7 Å². The van der Waals surface area contributed by atoms with Crippen molar-refractivity contribution in [2.75, 3.05) is 20.6 Å². The molecule has 0 amide bonds. The van der Waals surface area contributed by atoms with Gasteiger partial charge in [-0.05, 0) is 54.9 Å². The summed E-state index contributed by atoms with van der Waals surface area (Å²) in [5.41, 5.74) is 5.77. The molecule has 0 spiro atoms. The molecule has 0 saturated carbocycles. The van der Waals surface area contributed by atoms with Crippen LogP contribution in [0.3, 0.4) is 0 Å². The van der Waals surface area contributed by atoms with Crippen molar-refractivity contribution in [3.05, 3.63) is 69.2 Å². The van der Waals surface area contributed by atoms with E-state index in [9.17, 15) is 0 Å². The summed E-state index contributed by atoms with van der Waals surface area (Å²) < 4.78 is 1.19. The number of rotatable bonds is 4. The number of fused-ring (bicyclic) bond motifs is 1. The van der Waals surface area contributed by atoms with Crippen molar-refractivity contribution in [3.63, 3.8) is 0 Å². The zero-order chi connectivity index (χ0) is 15.5. The molecule has 0 N–H and O–H groups in total. The summed E-state index contributed by atoms with van der Waals surface area (Å²) in [6.07, 6.45) is 1.15. The molecule has 1 aliphatic heterocycles. The van der Waals surface area contributed by atoms with Crippen LogP contribution < -0.4 is 0 Å². The SMILES string of the molecule is CN(C)Cc1cccc(CN2CCc3cc(Br)ccc3C2)c1. The van der Waals surface area contributed by atoms with Gasteiger partial charge in [0.2, 0.25) is 0 Å². The molecule has 0 aromatic heterocycles. The van der Waals surface area contributed by atoms with Crippen LogP contribution in [0, 0.1) is 0 Å². The van der Waals surface area contributed by atoms with E-state index in [1.807, 2.05) is 0 Å². The van der Waals surface area contributed by atoms with Gasteiger partial charge in [0, 0.05) is 30.7 Å². The Bertz CT molecular complexity index is 652. The Hall–Kier alpha value is -1.16. The van der Waals surface area contributed by atoms with Crippen molar-refractivity contribution < 1.29 is 0 Å². The molecule has 116 valence electrons. The largest absolute Gasteiger partial charge is 0.305 e. The second kappa shape index (κ2) is 6.95. The van der Waals surface area contributed by atoms with Gasteiger partial charge in [-0.15, -0.1) is 0 Å². The smallest absolute Gasteiger partial charge is 0.0240 e. The van der Waals surface area contributed by atoms with Gasteiger partial charge in [-0.1, -0.05) is 46.3 Å². The molecule has 1 aliphatic rings. The summed E-state index contributed by atoms with van der Waals surface area (Å²) in [5, 5.41) is 0. The molecular weight excluding hydrogens is 336 g/mol. The van der Waals surface area contributed by atoms with E-state index in [-0.39, 0.29) is 0 Å². The highest BCUT2D eigenvalue weighted by Crippen LogP contribution is 2.24. The van der Waals surface area contributed by atoms with Crippen molar-refractivity contribution >= 4 is 15.9 Å². The van der Waals surface area contributed by atoms with E-state index in [0.717, 1.165) is 32.6 Å². The molecule has 0 bridgehead atoms. The third kappa shape index (κ3) is 3.97. The second-order valence-electron chi connectivity index (χ2n) is 6.43. The third-order valence-corrected chi connectivity index (χ3v) is 4.65. The fourth-order valence-electron chi connectivity index (χ4n) is 3.16. The molecule has 0 fully saturated rings. The minimum absolute atomic E-state index is 1.00. The van der Waals surface area contributed by atoms with Crippen molar-refractivity contribution in [2.45, 2.75) is 26.1 Å². The number of nitrogens with zero attached hydrogens (tertiary/aromatic N) is 2. The Balaban J connectivity index is 1.68. The van der Waals surface area contributed by atoms with Gasteiger partial charge in [0.1, 0.15) is 0 Å². The van der Waals surface area contributed by atoms with Gasteiger partial charge in [0.05, 0.1) is 0 Å². The fraction of sp³-hybridized carbons (Fsp3) is 0.368. The van der Waals surface area contributed by atoms with Crippen LogP contribution in [0.2, 0.25) is 0 Å². The summed E-state index contributed by atoms with van der Waals surface area (Å²) >= 11 is 3.57. The highest BCUT2D eigenvalue weighted by atomic mass is 79.9. The van der Waals surface area contributed by atoms with Gasteiger partial charge in [0.15, 0.2) is 0 Å². The van der Waals surface area contributed by atoms with Crippen LogP contribution in [-0.4, -0.2) is 30.4 Å². The lowest BCUT2D eigenvalue weighted by Crippen LogP contribution is -2.30. The quantitative estimate of drug-likeness (QED) is 0.812.